The molecule has 49 heavy (non-hydrogen) atoms. The molecule has 10 nitrogen and oxygen atoms in total. The number of carbonyl (C=O) groups is 2. The van der Waals surface area contributed by atoms with Gasteiger partial charge in [0.25, 0.3) is 0 Å². The molecule has 0 amide bonds. The number of hydrogen-bond donors (Lipinski definition) is 0. The van der Waals surface area contributed by atoms with Crippen LogP contribution in [0.3, 0.4) is 0 Å². The van der Waals surface area contributed by atoms with Crippen molar-refractivity contribution < 1.29 is 48.1 Å². The summed E-state index contributed by atoms with van der Waals surface area (Å²) in [5.41, 5.74) is 0. The summed E-state index contributed by atoms with van der Waals surface area (Å²) in [6.07, 6.45) is 30.0. The Bertz CT molecular complexity index is 911. The molecule has 3 saturated carbocycles. The fourth-order valence-electron chi connectivity index (χ4n) is 7.13. The predicted molar refractivity (Wildman–Crippen MR) is 186 cm³/mol. The van der Waals surface area contributed by atoms with Gasteiger partial charge < -0.3 is 18.9 Å². The van der Waals surface area contributed by atoms with Crippen LogP contribution in [0.25, 0.3) is 0 Å². The van der Waals surface area contributed by atoms with Crippen LogP contribution in [-0.4, -0.2) is 69.9 Å². The van der Waals surface area contributed by atoms with Crippen molar-refractivity contribution in [2.24, 2.45) is 17.8 Å². The van der Waals surface area contributed by atoms with Crippen molar-refractivity contribution >= 4 is 11.9 Å². The molecule has 0 N–H and O–H groups in total. The summed E-state index contributed by atoms with van der Waals surface area (Å²) in [7, 11) is 0. The van der Waals surface area contributed by atoms with Gasteiger partial charge in [-0.3, -0.25) is 9.68 Å². The third kappa shape index (κ3) is 19.1. The molecule has 0 spiro atoms. The van der Waals surface area contributed by atoms with Crippen molar-refractivity contribution in [3.05, 3.63) is 12.7 Å². The maximum Gasteiger partial charge on any atom is 0.330 e. The lowest BCUT2D eigenvalue weighted by atomic mass is 9.85. The van der Waals surface area contributed by atoms with Crippen LogP contribution in [0.4, 0.5) is 0 Å². The number of esters is 2. The molecule has 0 aromatic carbocycles. The first-order valence-electron chi connectivity index (χ1n) is 19.3. The van der Waals surface area contributed by atoms with E-state index in [0.29, 0.717) is 44.4 Å². The van der Waals surface area contributed by atoms with E-state index in [1.165, 1.54) is 6.08 Å². The van der Waals surface area contributed by atoms with Gasteiger partial charge in [0.15, 0.2) is 6.11 Å². The quantitative estimate of drug-likeness (QED) is 0.0221. The molecule has 10 heteroatoms. The Balaban J connectivity index is 1.09. The van der Waals surface area contributed by atoms with Crippen LogP contribution in [0.2, 0.25) is 0 Å². The second-order valence-electron chi connectivity index (χ2n) is 14.1. The Labute approximate surface area is 295 Å². The van der Waals surface area contributed by atoms with Crippen LogP contribution in [0.1, 0.15) is 135 Å². The zero-order chi connectivity index (χ0) is 34.8. The molecule has 3 fully saturated rings. The van der Waals surface area contributed by atoms with E-state index in [0.717, 1.165) is 148 Å². The van der Waals surface area contributed by atoms with Gasteiger partial charge in [-0.05, 0) is 127 Å². The third-order valence-corrected chi connectivity index (χ3v) is 10.3. The average Bonchev–Trinajstić information content (AvgIpc) is 3.13. The monoisotopic (exact) mass is 692 g/mol. The topological polar surface area (TPSA) is 108 Å². The van der Waals surface area contributed by atoms with Crippen molar-refractivity contribution in [1.29, 1.82) is 0 Å². The van der Waals surface area contributed by atoms with Gasteiger partial charge in [-0.25, -0.2) is 14.6 Å². The molecule has 3 rings (SSSR count). The standard InChI is InChI=1S/C39H64O10/c1-3-38(40)44-28-11-6-5-9-27-43-36-23-17-34(18-24-36)39(41)49-37-21-13-32(14-22-37)25-30-47-48-31-33-15-19-35(20-16-33)42-26-10-7-8-12-29-46-45-4-2/h2-3,32-37H,1,5-31H2. The minimum Gasteiger partial charge on any atom is -0.463 e. The highest BCUT2D eigenvalue weighted by atomic mass is 17.2. The minimum atomic E-state index is -0.360. The second-order valence-corrected chi connectivity index (χ2v) is 14.1. The number of rotatable bonds is 26. The SMILES string of the molecule is C#COOCCCCCCOC1CCC(COOCCC2CCC(OC(=O)C3CCC(OCCCCCCOC(=O)C=C)CC3)CC2)CC1. The largest absolute Gasteiger partial charge is 0.463 e. The van der Waals surface area contributed by atoms with Gasteiger partial charge >= 0.3 is 11.9 Å². The van der Waals surface area contributed by atoms with Crippen LogP contribution in [0.15, 0.2) is 12.7 Å². The van der Waals surface area contributed by atoms with Gasteiger partial charge in [0.05, 0.1) is 44.6 Å². The molecule has 0 bridgehead atoms. The summed E-state index contributed by atoms with van der Waals surface area (Å²) >= 11 is 0. The fraction of sp³-hybridized carbons (Fsp3) is 0.846. The highest BCUT2D eigenvalue weighted by Gasteiger charge is 2.31. The molecule has 0 aromatic heterocycles. The van der Waals surface area contributed by atoms with E-state index in [-0.39, 0.29) is 30.1 Å². The maximum absolute atomic E-state index is 12.9. The van der Waals surface area contributed by atoms with E-state index in [9.17, 15) is 9.59 Å². The molecule has 3 aliphatic rings. The van der Waals surface area contributed by atoms with Gasteiger partial charge in [-0.2, -0.15) is 4.89 Å². The number of ether oxygens (including phenoxy) is 4. The lowest BCUT2D eigenvalue weighted by Crippen LogP contribution is -2.32. The Morgan fingerprint density at radius 2 is 1.16 bits per heavy atom. The number of terminal acetylenes is 1. The second kappa shape index (κ2) is 26.6. The summed E-state index contributed by atoms with van der Waals surface area (Å²) < 4.78 is 23.1. The van der Waals surface area contributed by atoms with Crippen LogP contribution in [-0.2, 0) is 48.1 Å². The summed E-state index contributed by atoms with van der Waals surface area (Å²) in [4.78, 5) is 44.3. The molecule has 0 unspecified atom stereocenters. The van der Waals surface area contributed by atoms with E-state index in [1.54, 1.807) is 0 Å². The van der Waals surface area contributed by atoms with Crippen molar-refractivity contribution in [1.82, 2.24) is 0 Å². The van der Waals surface area contributed by atoms with E-state index in [1.807, 2.05) is 6.11 Å². The Morgan fingerprint density at radius 1 is 0.612 bits per heavy atom. The molecule has 0 heterocycles. The van der Waals surface area contributed by atoms with Gasteiger partial charge in [0.1, 0.15) is 6.10 Å². The summed E-state index contributed by atoms with van der Waals surface area (Å²) in [6, 6.07) is 0. The Hall–Kier alpha value is -2.16. The number of carbonyl (C=O) groups excluding carboxylic acids is 2. The summed E-state index contributed by atoms with van der Waals surface area (Å²) in [5, 5.41) is 0. The van der Waals surface area contributed by atoms with Gasteiger partial charge in [-0.15, -0.1) is 0 Å². The molecule has 0 atom stereocenters. The average molecular weight is 693 g/mol. The van der Waals surface area contributed by atoms with Crippen molar-refractivity contribution in [3.63, 3.8) is 0 Å². The highest BCUT2D eigenvalue weighted by molar-refractivity contribution is 5.81. The van der Waals surface area contributed by atoms with E-state index < -0.39 is 0 Å². The zero-order valence-electron chi connectivity index (χ0n) is 30.0. The van der Waals surface area contributed by atoms with E-state index in [2.05, 4.69) is 11.5 Å². The van der Waals surface area contributed by atoms with Gasteiger partial charge in [0, 0.05) is 19.3 Å². The molecule has 280 valence electrons. The maximum atomic E-state index is 12.9. The van der Waals surface area contributed by atoms with Crippen molar-refractivity contribution in [2.75, 3.05) is 39.6 Å². The number of hydrogen-bond acceptors (Lipinski definition) is 10. The molecule has 0 saturated heterocycles. The first-order chi connectivity index (χ1) is 24.1. The normalized spacial score (nSPS) is 25.6. The summed E-state index contributed by atoms with van der Waals surface area (Å²) in [6.45, 7) is 7.22. The van der Waals surface area contributed by atoms with Gasteiger partial charge in [0.2, 0.25) is 0 Å². The molecule has 0 aromatic rings. The van der Waals surface area contributed by atoms with Crippen LogP contribution in [0, 0.1) is 30.3 Å². The van der Waals surface area contributed by atoms with Crippen LogP contribution in [0.5, 0.6) is 0 Å². The smallest absolute Gasteiger partial charge is 0.330 e. The highest BCUT2D eigenvalue weighted by Crippen LogP contribution is 2.32. The predicted octanol–water partition coefficient (Wildman–Crippen LogP) is 7.97. The third-order valence-electron chi connectivity index (χ3n) is 10.3. The Kier molecular flexibility index (Phi) is 22.4. The van der Waals surface area contributed by atoms with Crippen LogP contribution < -0.4 is 0 Å². The molecular formula is C39H64O10. The first kappa shape index (κ1) is 41.3. The molecular weight excluding hydrogens is 628 g/mol. The molecule has 0 radical (unpaired) electrons. The van der Waals surface area contributed by atoms with E-state index in [4.69, 9.17) is 40.0 Å². The number of unbranched alkanes of at least 4 members (excludes halogenated alkanes) is 6. The zero-order valence-corrected chi connectivity index (χ0v) is 30.0. The minimum absolute atomic E-state index is 0.00641. The fourth-order valence-corrected chi connectivity index (χ4v) is 7.13. The van der Waals surface area contributed by atoms with Crippen molar-refractivity contribution in [3.8, 4) is 12.5 Å². The Morgan fingerprint density at radius 3 is 1.78 bits per heavy atom. The van der Waals surface area contributed by atoms with Crippen LogP contribution >= 0.6 is 0 Å². The molecule has 3 aliphatic carbocycles. The van der Waals surface area contributed by atoms with Crippen molar-refractivity contribution in [2.45, 2.75) is 153 Å². The van der Waals surface area contributed by atoms with Gasteiger partial charge in [-0.1, -0.05) is 32.3 Å². The lowest BCUT2D eigenvalue weighted by molar-refractivity contribution is -0.304. The van der Waals surface area contributed by atoms with E-state index >= 15 is 0 Å². The summed E-state index contributed by atoms with van der Waals surface area (Å²) in [5.74, 6) is 0.779. The first-order valence-corrected chi connectivity index (χ1v) is 19.3. The lowest BCUT2D eigenvalue weighted by Gasteiger charge is -2.31. The molecule has 0 aliphatic heterocycles.